The summed E-state index contributed by atoms with van der Waals surface area (Å²) in [5, 5.41) is 2.46. The zero-order valence-corrected chi connectivity index (χ0v) is 7.15. The molecule has 1 atom stereocenters. The molecule has 62 valence electrons. The summed E-state index contributed by atoms with van der Waals surface area (Å²) < 4.78 is 0. The van der Waals surface area contributed by atoms with E-state index in [1.54, 1.807) is 11.8 Å². The highest BCUT2D eigenvalue weighted by Gasteiger charge is 2.23. The van der Waals surface area contributed by atoms with Crippen LogP contribution >= 0.6 is 11.8 Å². The molecule has 0 aromatic carbocycles. The Balaban J connectivity index is 2.39. The van der Waals surface area contributed by atoms with Crippen LogP contribution in [-0.4, -0.2) is 29.9 Å². The van der Waals surface area contributed by atoms with E-state index in [1.807, 2.05) is 6.26 Å². The molecule has 0 saturated carbocycles. The average Bonchev–Trinajstić information content (AvgIpc) is 2.26. The molecule has 0 saturated heterocycles. The second-order valence-electron chi connectivity index (χ2n) is 2.30. The van der Waals surface area contributed by atoms with Crippen molar-refractivity contribution >= 4 is 23.6 Å². The monoisotopic (exact) mass is 173 g/mol. The van der Waals surface area contributed by atoms with Crippen LogP contribution in [-0.2, 0) is 4.79 Å². The molecule has 1 aliphatic heterocycles. The predicted octanol–water partition coefficient (Wildman–Crippen LogP) is -0.447. The molecule has 1 aliphatic rings. The van der Waals surface area contributed by atoms with Gasteiger partial charge in [-0.25, -0.2) is 4.99 Å². The summed E-state index contributed by atoms with van der Waals surface area (Å²) in [5.74, 6) is 1.12. The van der Waals surface area contributed by atoms with Gasteiger partial charge in [-0.2, -0.15) is 11.8 Å². The summed E-state index contributed by atoms with van der Waals surface area (Å²) in [7, 11) is 0. The lowest BCUT2D eigenvalue weighted by Gasteiger charge is -2.00. The van der Waals surface area contributed by atoms with Gasteiger partial charge >= 0.3 is 0 Å². The Hall–Kier alpha value is -0.710. The number of nitrogens with zero attached hydrogens (tertiary/aromatic N) is 1. The van der Waals surface area contributed by atoms with Gasteiger partial charge in [0.25, 0.3) is 5.91 Å². The van der Waals surface area contributed by atoms with E-state index in [0.29, 0.717) is 0 Å². The first-order valence-corrected chi connectivity index (χ1v) is 4.76. The fraction of sp³-hybridized carbons (Fsp3) is 0.667. The quantitative estimate of drug-likeness (QED) is 0.607. The van der Waals surface area contributed by atoms with E-state index in [-0.39, 0.29) is 17.9 Å². The standard InChI is InChI=1S/C6H11N3OS/c1-11-3-2-4-5(10)9-6(7)8-4/h4H,2-3H2,1H3,(H3,7,8,9,10)/t4-/m0/s1. The molecule has 0 aliphatic carbocycles. The summed E-state index contributed by atoms with van der Waals surface area (Å²) in [5.41, 5.74) is 5.30. The Morgan fingerprint density at radius 1 is 1.82 bits per heavy atom. The Labute approximate surface area is 69.6 Å². The number of aliphatic imine (C=N–C) groups is 1. The number of nitrogens with two attached hydrogens (primary N) is 1. The van der Waals surface area contributed by atoms with Crippen molar-refractivity contribution in [3.63, 3.8) is 0 Å². The fourth-order valence-corrected chi connectivity index (χ4v) is 1.35. The summed E-state index contributed by atoms with van der Waals surface area (Å²) in [6.07, 6.45) is 2.77. The van der Waals surface area contributed by atoms with Crippen LogP contribution in [0.3, 0.4) is 0 Å². The van der Waals surface area contributed by atoms with Gasteiger partial charge in [-0.3, -0.25) is 10.1 Å². The third-order valence-electron chi connectivity index (χ3n) is 1.44. The second-order valence-corrected chi connectivity index (χ2v) is 3.29. The number of amides is 1. The van der Waals surface area contributed by atoms with E-state index in [0.717, 1.165) is 12.2 Å². The lowest BCUT2D eigenvalue weighted by Crippen LogP contribution is -2.33. The van der Waals surface area contributed by atoms with E-state index >= 15 is 0 Å². The topological polar surface area (TPSA) is 67.5 Å². The molecule has 1 rings (SSSR count). The minimum Gasteiger partial charge on any atom is -0.370 e. The van der Waals surface area contributed by atoms with Crippen LogP contribution in [0.1, 0.15) is 6.42 Å². The van der Waals surface area contributed by atoms with Gasteiger partial charge in [-0.15, -0.1) is 0 Å². The number of carbonyl (C=O) groups excluding carboxylic acids is 1. The van der Waals surface area contributed by atoms with Crippen molar-refractivity contribution in [3.05, 3.63) is 0 Å². The average molecular weight is 173 g/mol. The van der Waals surface area contributed by atoms with Crippen molar-refractivity contribution in [3.8, 4) is 0 Å². The maximum absolute atomic E-state index is 11.0. The maximum Gasteiger partial charge on any atom is 0.251 e. The molecular weight excluding hydrogens is 162 g/mol. The van der Waals surface area contributed by atoms with E-state index in [9.17, 15) is 4.79 Å². The van der Waals surface area contributed by atoms with Gasteiger partial charge in [0.15, 0.2) is 5.96 Å². The van der Waals surface area contributed by atoms with Gasteiger partial charge in [-0.05, 0) is 18.4 Å². The van der Waals surface area contributed by atoms with Crippen LogP contribution in [0.25, 0.3) is 0 Å². The first-order valence-electron chi connectivity index (χ1n) is 3.37. The van der Waals surface area contributed by atoms with Gasteiger partial charge in [0.1, 0.15) is 6.04 Å². The minimum absolute atomic E-state index is 0.0726. The van der Waals surface area contributed by atoms with Crippen molar-refractivity contribution in [2.24, 2.45) is 10.7 Å². The minimum atomic E-state index is -0.248. The fourth-order valence-electron chi connectivity index (χ4n) is 0.893. The van der Waals surface area contributed by atoms with E-state index in [1.165, 1.54) is 0 Å². The molecule has 0 radical (unpaired) electrons. The molecule has 1 amide bonds. The van der Waals surface area contributed by atoms with Crippen molar-refractivity contribution in [2.45, 2.75) is 12.5 Å². The first-order chi connectivity index (χ1) is 5.24. The van der Waals surface area contributed by atoms with Crippen molar-refractivity contribution in [2.75, 3.05) is 12.0 Å². The van der Waals surface area contributed by atoms with Crippen molar-refractivity contribution in [1.29, 1.82) is 0 Å². The smallest absolute Gasteiger partial charge is 0.251 e. The number of nitrogens with one attached hydrogen (secondary N) is 1. The number of rotatable bonds is 3. The van der Waals surface area contributed by atoms with Gasteiger partial charge in [0.05, 0.1) is 0 Å². The van der Waals surface area contributed by atoms with Crippen LogP contribution in [0.4, 0.5) is 0 Å². The lowest BCUT2D eigenvalue weighted by atomic mass is 10.2. The second kappa shape index (κ2) is 3.61. The third kappa shape index (κ3) is 2.11. The van der Waals surface area contributed by atoms with Crippen molar-refractivity contribution in [1.82, 2.24) is 5.32 Å². The molecule has 0 aromatic rings. The first kappa shape index (κ1) is 8.39. The van der Waals surface area contributed by atoms with E-state index in [2.05, 4.69) is 10.3 Å². The largest absolute Gasteiger partial charge is 0.370 e. The Kier molecular flexibility index (Phi) is 2.76. The highest BCUT2D eigenvalue weighted by molar-refractivity contribution is 7.98. The summed E-state index contributed by atoms with van der Waals surface area (Å²) in [4.78, 5) is 14.9. The number of hydrogen-bond donors (Lipinski definition) is 2. The molecule has 0 bridgehead atoms. The lowest BCUT2D eigenvalue weighted by molar-refractivity contribution is -0.120. The molecule has 5 heteroatoms. The molecule has 0 aromatic heterocycles. The summed E-state index contributed by atoms with van der Waals surface area (Å²) in [6.45, 7) is 0. The Morgan fingerprint density at radius 3 is 3.00 bits per heavy atom. The SMILES string of the molecule is CSCC[C@@H]1N=C(N)NC1=O. The molecule has 11 heavy (non-hydrogen) atoms. The highest BCUT2D eigenvalue weighted by atomic mass is 32.2. The Morgan fingerprint density at radius 2 is 2.55 bits per heavy atom. The number of guanidine groups is 1. The zero-order valence-electron chi connectivity index (χ0n) is 6.33. The van der Waals surface area contributed by atoms with Crippen molar-refractivity contribution < 1.29 is 4.79 Å². The normalized spacial score (nSPS) is 23.2. The molecule has 4 nitrogen and oxygen atoms in total. The molecule has 0 spiro atoms. The number of thioether (sulfide) groups is 1. The molecular formula is C6H11N3OS. The molecule has 3 N–H and O–H groups in total. The zero-order chi connectivity index (χ0) is 8.27. The molecule has 1 heterocycles. The highest BCUT2D eigenvalue weighted by Crippen LogP contribution is 2.07. The summed E-state index contributed by atoms with van der Waals surface area (Å²) >= 11 is 1.70. The van der Waals surface area contributed by atoms with Crippen LogP contribution in [0.15, 0.2) is 4.99 Å². The van der Waals surface area contributed by atoms with E-state index in [4.69, 9.17) is 5.73 Å². The summed E-state index contributed by atoms with van der Waals surface area (Å²) in [6, 6.07) is -0.248. The van der Waals surface area contributed by atoms with Crippen LogP contribution in [0.5, 0.6) is 0 Å². The van der Waals surface area contributed by atoms with Gasteiger partial charge in [-0.1, -0.05) is 0 Å². The Bertz CT molecular complexity index is 192. The van der Waals surface area contributed by atoms with E-state index < -0.39 is 0 Å². The number of hydrogen-bond acceptors (Lipinski definition) is 4. The molecule has 0 unspecified atom stereocenters. The molecule has 0 fully saturated rings. The predicted molar refractivity (Wildman–Crippen MR) is 46.6 cm³/mol. The number of carbonyl (C=O) groups is 1. The van der Waals surface area contributed by atoms with Crippen LogP contribution in [0.2, 0.25) is 0 Å². The third-order valence-corrected chi connectivity index (χ3v) is 2.09. The van der Waals surface area contributed by atoms with Gasteiger partial charge in [0.2, 0.25) is 0 Å². The maximum atomic E-state index is 11.0. The van der Waals surface area contributed by atoms with Crippen LogP contribution in [0, 0.1) is 0 Å². The van der Waals surface area contributed by atoms with Gasteiger partial charge in [0, 0.05) is 0 Å². The van der Waals surface area contributed by atoms with Gasteiger partial charge < -0.3 is 5.73 Å². The van der Waals surface area contributed by atoms with Crippen LogP contribution < -0.4 is 11.1 Å².